The second kappa shape index (κ2) is 13.4. The van der Waals surface area contributed by atoms with Crippen LogP contribution in [0.15, 0.2) is 28.6 Å². The van der Waals surface area contributed by atoms with Crippen molar-refractivity contribution in [2.45, 2.75) is 83.7 Å². The minimum absolute atomic E-state index is 0.234. The van der Waals surface area contributed by atoms with Crippen molar-refractivity contribution in [2.24, 2.45) is 4.36 Å². The molecule has 1 aromatic rings. The molecule has 174 valence electrons. The number of hydrogen-bond donors (Lipinski definition) is 2. The Hall–Kier alpha value is -2.00. The maximum atomic E-state index is 13.1. The van der Waals surface area contributed by atoms with Crippen LogP contribution >= 0.6 is 12.2 Å². The standard InChI is InChI=1S/C22H35N3O4S2/c1-6-7-8-9-17(25-31(27)28)12-15-19(16-10-13-18(29-5)14-11-16)20(26)23-21(30)24-22(2,3)4/h10-11,13-14,17,19H,6-9,12,15H2,1-5H3,(H2,23,24,26,30). The van der Waals surface area contributed by atoms with E-state index in [1.165, 1.54) is 0 Å². The van der Waals surface area contributed by atoms with Gasteiger partial charge in [-0.25, -0.2) is 0 Å². The number of hydrogen-bond acceptors (Lipinski definition) is 6. The first kappa shape index (κ1) is 27.0. The Morgan fingerprint density at radius 3 is 2.29 bits per heavy atom. The Bertz CT molecular complexity index is 839. The fourth-order valence-electron chi connectivity index (χ4n) is 3.22. The third kappa shape index (κ3) is 11.3. The van der Waals surface area contributed by atoms with Gasteiger partial charge in [-0.15, -0.1) is 0 Å². The summed E-state index contributed by atoms with van der Waals surface area (Å²) in [5.41, 5.74) is 0.536. The van der Waals surface area contributed by atoms with E-state index >= 15 is 0 Å². The van der Waals surface area contributed by atoms with Gasteiger partial charge in [-0.1, -0.05) is 38.3 Å². The van der Waals surface area contributed by atoms with Crippen LogP contribution in [0, 0.1) is 0 Å². The zero-order chi connectivity index (χ0) is 23.4. The van der Waals surface area contributed by atoms with Gasteiger partial charge < -0.3 is 15.4 Å². The second-order valence-corrected chi connectivity index (χ2v) is 9.62. The lowest BCUT2D eigenvalue weighted by molar-refractivity contribution is -0.121. The summed E-state index contributed by atoms with van der Waals surface area (Å²) in [5.74, 6) is -0.0286. The van der Waals surface area contributed by atoms with E-state index in [9.17, 15) is 13.2 Å². The molecule has 0 aliphatic heterocycles. The minimum atomic E-state index is -2.47. The van der Waals surface area contributed by atoms with Crippen molar-refractivity contribution < 1.29 is 17.9 Å². The Balaban J connectivity index is 3.01. The largest absolute Gasteiger partial charge is 0.497 e. The Labute approximate surface area is 193 Å². The summed E-state index contributed by atoms with van der Waals surface area (Å²) in [6, 6.07) is 6.96. The molecular formula is C22H35N3O4S2. The molecule has 0 aliphatic rings. The minimum Gasteiger partial charge on any atom is -0.497 e. The molecule has 0 saturated heterocycles. The average Bonchev–Trinajstić information content (AvgIpc) is 2.66. The van der Waals surface area contributed by atoms with E-state index in [-0.39, 0.29) is 22.6 Å². The average molecular weight is 470 g/mol. The quantitative estimate of drug-likeness (QED) is 0.369. The predicted octanol–water partition coefficient (Wildman–Crippen LogP) is 4.36. The summed E-state index contributed by atoms with van der Waals surface area (Å²) < 4.78 is 31.4. The van der Waals surface area contributed by atoms with Gasteiger partial charge in [0.1, 0.15) is 5.75 Å². The van der Waals surface area contributed by atoms with E-state index in [0.717, 1.165) is 24.8 Å². The summed E-state index contributed by atoms with van der Waals surface area (Å²) in [6.45, 7) is 7.96. The molecule has 0 radical (unpaired) electrons. The molecule has 9 heteroatoms. The highest BCUT2D eigenvalue weighted by Gasteiger charge is 2.24. The number of amides is 1. The lowest BCUT2D eigenvalue weighted by Crippen LogP contribution is -2.49. The molecule has 0 spiro atoms. The molecule has 0 bridgehead atoms. The Morgan fingerprint density at radius 1 is 1.13 bits per heavy atom. The van der Waals surface area contributed by atoms with Crippen LogP contribution in [0.5, 0.6) is 5.75 Å². The first-order valence-electron chi connectivity index (χ1n) is 10.6. The van der Waals surface area contributed by atoms with Gasteiger partial charge in [0.15, 0.2) is 5.11 Å². The van der Waals surface area contributed by atoms with Crippen molar-refractivity contribution in [3.63, 3.8) is 0 Å². The number of unbranched alkanes of at least 4 members (excludes halogenated alkanes) is 2. The van der Waals surface area contributed by atoms with Gasteiger partial charge in [0.05, 0.1) is 19.1 Å². The first-order chi connectivity index (χ1) is 14.6. The highest BCUT2D eigenvalue weighted by atomic mass is 32.2. The highest BCUT2D eigenvalue weighted by molar-refractivity contribution is 7.80. The highest BCUT2D eigenvalue weighted by Crippen LogP contribution is 2.26. The van der Waals surface area contributed by atoms with Crippen molar-refractivity contribution in [1.82, 2.24) is 10.6 Å². The van der Waals surface area contributed by atoms with Crippen LogP contribution in [0.3, 0.4) is 0 Å². The third-order valence-electron chi connectivity index (χ3n) is 4.72. The van der Waals surface area contributed by atoms with Crippen LogP contribution in [0.25, 0.3) is 0 Å². The second-order valence-electron chi connectivity index (χ2n) is 8.57. The number of carbonyl (C=O) groups is 1. The summed E-state index contributed by atoms with van der Waals surface area (Å²) in [7, 11) is -0.884. The van der Waals surface area contributed by atoms with Crippen LogP contribution in [0.1, 0.15) is 77.7 Å². The van der Waals surface area contributed by atoms with Crippen molar-refractivity contribution in [3.05, 3.63) is 29.8 Å². The molecule has 0 saturated carbocycles. The van der Waals surface area contributed by atoms with Gasteiger partial charge in [0.25, 0.3) is 0 Å². The maximum absolute atomic E-state index is 13.1. The summed E-state index contributed by atoms with van der Waals surface area (Å²) in [5, 5.41) is 6.12. The number of ether oxygens (including phenoxy) is 1. The molecule has 0 heterocycles. The molecule has 0 aliphatic carbocycles. The van der Waals surface area contributed by atoms with E-state index in [1.54, 1.807) is 19.2 Å². The smallest absolute Gasteiger partial charge is 0.311 e. The number of methoxy groups -OCH3 is 1. The lowest BCUT2D eigenvalue weighted by atomic mass is 9.90. The van der Waals surface area contributed by atoms with Gasteiger partial charge in [-0.05, 0) is 69.9 Å². The number of nitrogens with zero attached hydrogens (tertiary/aromatic N) is 1. The molecule has 0 aromatic heterocycles. The summed E-state index contributed by atoms with van der Waals surface area (Å²) >= 11 is 5.29. The van der Waals surface area contributed by atoms with E-state index in [4.69, 9.17) is 17.0 Å². The fraction of sp³-hybridized carbons (Fsp3) is 0.636. The van der Waals surface area contributed by atoms with Gasteiger partial charge in [0, 0.05) is 5.54 Å². The van der Waals surface area contributed by atoms with E-state index in [1.807, 2.05) is 32.9 Å². The summed E-state index contributed by atoms with van der Waals surface area (Å²) in [6.07, 6.45) is 4.59. The fourth-order valence-corrected chi connectivity index (χ4v) is 4.08. The number of nitrogens with one attached hydrogen (secondary N) is 2. The topological polar surface area (TPSA) is 96.9 Å². The zero-order valence-corrected chi connectivity index (χ0v) is 20.7. The number of benzene rings is 1. The van der Waals surface area contributed by atoms with Crippen LogP contribution in [-0.4, -0.2) is 38.1 Å². The molecular weight excluding hydrogens is 434 g/mol. The van der Waals surface area contributed by atoms with Crippen LogP contribution < -0.4 is 15.4 Å². The molecule has 1 aromatic carbocycles. The van der Waals surface area contributed by atoms with Crippen molar-refractivity contribution in [2.75, 3.05) is 7.11 Å². The van der Waals surface area contributed by atoms with Gasteiger partial charge in [-0.3, -0.25) is 4.79 Å². The molecule has 1 amide bonds. The molecule has 0 fully saturated rings. The molecule has 31 heavy (non-hydrogen) atoms. The third-order valence-corrected chi connectivity index (χ3v) is 5.40. The number of carbonyl (C=O) groups excluding carboxylic acids is 1. The molecule has 2 N–H and O–H groups in total. The molecule has 2 unspecified atom stereocenters. The summed E-state index contributed by atoms with van der Waals surface area (Å²) in [4.78, 5) is 13.1. The lowest BCUT2D eigenvalue weighted by Gasteiger charge is -2.24. The zero-order valence-electron chi connectivity index (χ0n) is 19.1. The van der Waals surface area contributed by atoms with E-state index in [0.29, 0.717) is 25.0 Å². The first-order valence-corrected chi connectivity index (χ1v) is 12.1. The molecule has 1 rings (SSSR count). The number of thiocarbonyl (C=S) groups is 1. The SMILES string of the molecule is CCCCCC(CCC(C(=O)NC(=S)NC(C)(C)C)c1ccc(OC)cc1)N=S(=O)=O. The van der Waals surface area contributed by atoms with Crippen molar-refractivity contribution >= 4 is 33.7 Å². The maximum Gasteiger partial charge on any atom is 0.311 e. The predicted molar refractivity (Wildman–Crippen MR) is 128 cm³/mol. The van der Waals surface area contributed by atoms with E-state index < -0.39 is 16.4 Å². The normalized spacial score (nSPS) is 13.1. The van der Waals surface area contributed by atoms with Crippen molar-refractivity contribution in [3.8, 4) is 5.75 Å². The van der Waals surface area contributed by atoms with Gasteiger partial charge in [-0.2, -0.15) is 12.8 Å². The Morgan fingerprint density at radius 2 is 1.77 bits per heavy atom. The van der Waals surface area contributed by atoms with Crippen LogP contribution in [-0.2, 0) is 15.3 Å². The molecule has 7 nitrogen and oxygen atoms in total. The van der Waals surface area contributed by atoms with Crippen LogP contribution in [0.4, 0.5) is 0 Å². The number of rotatable bonds is 11. The van der Waals surface area contributed by atoms with Gasteiger partial charge >= 0.3 is 10.5 Å². The molecule has 2 atom stereocenters. The van der Waals surface area contributed by atoms with Gasteiger partial charge in [0.2, 0.25) is 5.91 Å². The monoisotopic (exact) mass is 469 g/mol. The van der Waals surface area contributed by atoms with Crippen molar-refractivity contribution in [1.29, 1.82) is 0 Å². The van der Waals surface area contributed by atoms with Crippen LogP contribution in [0.2, 0.25) is 0 Å². The van der Waals surface area contributed by atoms with E-state index in [2.05, 4.69) is 21.9 Å². The Kier molecular flexibility index (Phi) is 11.7.